The Labute approximate surface area is 58.9 Å². The van der Waals surface area contributed by atoms with Crippen LogP contribution >= 0.6 is 0 Å². The number of carboxylic acids is 1. The molecule has 4 nitrogen and oxygen atoms in total. The minimum atomic E-state index is -0.876. The number of aliphatic hydroxyl groups excluding tert-OH is 1. The number of aliphatic hydroxyl groups is 1. The molecule has 0 aliphatic carbocycles. The second kappa shape index (κ2) is 2.98. The van der Waals surface area contributed by atoms with E-state index in [1.807, 2.05) is 0 Å². The van der Waals surface area contributed by atoms with Gasteiger partial charge in [-0.05, 0) is 19.4 Å². The van der Waals surface area contributed by atoms with Crippen molar-refractivity contribution in [1.29, 1.82) is 0 Å². The van der Waals surface area contributed by atoms with Gasteiger partial charge in [0.05, 0.1) is 6.10 Å². The van der Waals surface area contributed by atoms with E-state index in [9.17, 15) is 4.79 Å². The molecular weight excluding hydrogens is 134 g/mol. The predicted molar refractivity (Wildman–Crippen MR) is 34.7 cm³/mol. The van der Waals surface area contributed by atoms with Crippen molar-refractivity contribution in [2.45, 2.75) is 25.0 Å². The lowest BCUT2D eigenvalue weighted by Crippen LogP contribution is -2.45. The van der Waals surface area contributed by atoms with E-state index in [2.05, 4.69) is 5.32 Å². The van der Waals surface area contributed by atoms with Gasteiger partial charge in [0.2, 0.25) is 0 Å². The van der Waals surface area contributed by atoms with Crippen molar-refractivity contribution in [3.8, 4) is 0 Å². The van der Waals surface area contributed by atoms with Crippen LogP contribution < -0.4 is 5.32 Å². The van der Waals surface area contributed by atoms with Crippen LogP contribution in [0.25, 0.3) is 0 Å². The molecule has 10 heavy (non-hydrogen) atoms. The van der Waals surface area contributed by atoms with E-state index in [4.69, 9.17) is 10.2 Å². The second-order valence-corrected chi connectivity index (χ2v) is 2.52. The highest BCUT2D eigenvalue weighted by atomic mass is 16.4. The zero-order chi connectivity index (χ0) is 7.56. The summed E-state index contributed by atoms with van der Waals surface area (Å²) >= 11 is 0. The van der Waals surface area contributed by atoms with E-state index in [1.165, 1.54) is 0 Å². The van der Waals surface area contributed by atoms with Crippen LogP contribution in [0.1, 0.15) is 12.8 Å². The van der Waals surface area contributed by atoms with Crippen LogP contribution in [0.4, 0.5) is 0 Å². The molecule has 1 rings (SSSR count). The van der Waals surface area contributed by atoms with E-state index >= 15 is 0 Å². The Morgan fingerprint density at radius 1 is 1.60 bits per heavy atom. The maximum absolute atomic E-state index is 10.3. The van der Waals surface area contributed by atoms with Gasteiger partial charge in [0, 0.05) is 0 Å². The molecule has 0 amide bonds. The van der Waals surface area contributed by atoms with E-state index in [1.54, 1.807) is 0 Å². The van der Waals surface area contributed by atoms with Gasteiger partial charge >= 0.3 is 5.97 Å². The summed E-state index contributed by atoms with van der Waals surface area (Å²) in [6, 6.07) is -0.552. The normalized spacial score (nSPS) is 33.7. The van der Waals surface area contributed by atoms with Crippen molar-refractivity contribution >= 4 is 5.97 Å². The average molecular weight is 145 g/mol. The first-order chi connectivity index (χ1) is 4.70. The molecule has 4 heteroatoms. The number of hydrogen-bond acceptors (Lipinski definition) is 3. The van der Waals surface area contributed by atoms with Gasteiger partial charge in [-0.2, -0.15) is 0 Å². The highest BCUT2D eigenvalue weighted by Crippen LogP contribution is 2.07. The summed E-state index contributed by atoms with van der Waals surface area (Å²) in [5, 5.41) is 20.3. The predicted octanol–water partition coefficient (Wildman–Crippen LogP) is -0.816. The van der Waals surface area contributed by atoms with Gasteiger partial charge in [-0.1, -0.05) is 0 Å². The number of piperidine rings is 1. The van der Waals surface area contributed by atoms with Gasteiger partial charge in [-0.3, -0.25) is 4.79 Å². The minimum absolute atomic E-state index is 0.329. The number of hydrogen-bond donors (Lipinski definition) is 3. The maximum atomic E-state index is 10.3. The molecule has 1 saturated heterocycles. The molecule has 1 aliphatic heterocycles. The molecule has 3 N–H and O–H groups in total. The number of carboxylic acid groups (broad SMARTS) is 1. The lowest BCUT2D eigenvalue weighted by Gasteiger charge is -2.23. The Morgan fingerprint density at radius 2 is 2.30 bits per heavy atom. The Hall–Kier alpha value is -0.610. The van der Waals surface area contributed by atoms with Crippen LogP contribution in [-0.4, -0.2) is 34.9 Å². The van der Waals surface area contributed by atoms with E-state index in [-0.39, 0.29) is 0 Å². The smallest absolute Gasteiger partial charge is 0.320 e. The monoisotopic (exact) mass is 145 g/mol. The largest absolute Gasteiger partial charge is 0.480 e. The summed E-state index contributed by atoms with van der Waals surface area (Å²) in [7, 11) is 0. The summed E-state index contributed by atoms with van der Waals surface area (Å²) in [6.45, 7) is 0.595. The zero-order valence-corrected chi connectivity index (χ0v) is 5.58. The first kappa shape index (κ1) is 7.50. The fourth-order valence-electron chi connectivity index (χ4n) is 1.09. The topological polar surface area (TPSA) is 69.6 Å². The molecule has 58 valence electrons. The Kier molecular flexibility index (Phi) is 2.24. The highest BCUT2D eigenvalue weighted by Gasteiger charge is 2.24. The summed E-state index contributed by atoms with van der Waals surface area (Å²) in [5.74, 6) is -0.876. The molecule has 0 bridgehead atoms. The second-order valence-electron chi connectivity index (χ2n) is 2.52. The fourth-order valence-corrected chi connectivity index (χ4v) is 1.09. The van der Waals surface area contributed by atoms with Crippen molar-refractivity contribution in [2.75, 3.05) is 6.54 Å². The van der Waals surface area contributed by atoms with Crippen LogP contribution in [-0.2, 0) is 4.79 Å². The minimum Gasteiger partial charge on any atom is -0.480 e. The van der Waals surface area contributed by atoms with Crippen LogP contribution in [0.2, 0.25) is 0 Å². The first-order valence-electron chi connectivity index (χ1n) is 3.34. The Balaban J connectivity index is 2.39. The van der Waals surface area contributed by atoms with Gasteiger partial charge in [0.15, 0.2) is 0 Å². The van der Waals surface area contributed by atoms with Crippen LogP contribution in [0.5, 0.6) is 0 Å². The van der Waals surface area contributed by atoms with Gasteiger partial charge in [0.1, 0.15) is 6.04 Å². The third kappa shape index (κ3) is 1.68. The molecule has 1 unspecified atom stereocenters. The average Bonchev–Trinajstić information content (AvgIpc) is 1.88. The van der Waals surface area contributed by atoms with Gasteiger partial charge in [0.25, 0.3) is 0 Å². The summed E-state index contributed by atoms with van der Waals surface area (Å²) < 4.78 is 0. The Bertz CT molecular complexity index is 137. The van der Waals surface area contributed by atoms with Gasteiger partial charge in [-0.25, -0.2) is 0 Å². The van der Waals surface area contributed by atoms with Crippen molar-refractivity contribution in [3.05, 3.63) is 0 Å². The molecule has 0 aromatic rings. The molecule has 0 spiro atoms. The summed E-state index contributed by atoms with van der Waals surface area (Å²) in [6.07, 6.45) is 0.543. The van der Waals surface area contributed by atoms with Crippen molar-refractivity contribution < 1.29 is 15.0 Å². The van der Waals surface area contributed by atoms with Crippen molar-refractivity contribution in [3.63, 3.8) is 0 Å². The third-order valence-corrected chi connectivity index (χ3v) is 1.67. The molecule has 2 atom stereocenters. The zero-order valence-electron chi connectivity index (χ0n) is 5.58. The van der Waals surface area contributed by atoms with Crippen LogP contribution in [0.15, 0.2) is 0 Å². The molecular formula is C6H11NO3. The number of carbonyl (C=O) groups is 1. The number of aliphatic carboxylic acids is 1. The van der Waals surface area contributed by atoms with E-state index in [0.717, 1.165) is 0 Å². The Morgan fingerprint density at radius 3 is 2.70 bits per heavy atom. The molecule has 0 aromatic carbocycles. The molecule has 1 fully saturated rings. The van der Waals surface area contributed by atoms with E-state index < -0.39 is 18.1 Å². The molecule has 0 saturated carbocycles. The fraction of sp³-hybridized carbons (Fsp3) is 0.833. The maximum Gasteiger partial charge on any atom is 0.320 e. The van der Waals surface area contributed by atoms with Crippen LogP contribution in [0.3, 0.4) is 0 Å². The summed E-state index contributed by atoms with van der Waals surface area (Å²) in [5.41, 5.74) is 0. The summed E-state index contributed by atoms with van der Waals surface area (Å²) in [4.78, 5) is 10.3. The van der Waals surface area contributed by atoms with E-state index in [0.29, 0.717) is 19.4 Å². The van der Waals surface area contributed by atoms with Gasteiger partial charge in [-0.15, -0.1) is 0 Å². The standard InChI is InChI=1S/C6H11NO3/c8-4-1-2-7-5(3-4)6(9)10/h4-5,7-8H,1-3H2,(H,9,10)/t4-,5?/m0/s1. The lowest BCUT2D eigenvalue weighted by molar-refractivity contribution is -0.141. The highest BCUT2D eigenvalue weighted by molar-refractivity contribution is 5.73. The molecule has 1 heterocycles. The quantitative estimate of drug-likeness (QED) is 0.451. The molecule has 0 radical (unpaired) electrons. The van der Waals surface area contributed by atoms with Crippen molar-refractivity contribution in [2.24, 2.45) is 0 Å². The number of nitrogens with one attached hydrogen (secondary N) is 1. The molecule has 0 aromatic heterocycles. The number of rotatable bonds is 1. The SMILES string of the molecule is O=C(O)C1C[C@@H](O)CCN1. The lowest BCUT2D eigenvalue weighted by atomic mass is 10.0. The van der Waals surface area contributed by atoms with Gasteiger partial charge < -0.3 is 15.5 Å². The third-order valence-electron chi connectivity index (χ3n) is 1.67. The molecule has 1 aliphatic rings. The van der Waals surface area contributed by atoms with Crippen molar-refractivity contribution in [1.82, 2.24) is 5.32 Å². The first-order valence-corrected chi connectivity index (χ1v) is 3.34. The van der Waals surface area contributed by atoms with Crippen LogP contribution in [0, 0.1) is 0 Å².